The Morgan fingerprint density at radius 2 is 0.750 bits per heavy atom. The van der Waals surface area contributed by atoms with Crippen molar-refractivity contribution in [3.63, 3.8) is 0 Å². The lowest BCUT2D eigenvalue weighted by molar-refractivity contribution is 0.588. The Hall–Kier alpha value is -6.78. The van der Waals surface area contributed by atoms with Crippen molar-refractivity contribution in [1.82, 2.24) is 19.1 Å². The van der Waals surface area contributed by atoms with Crippen LogP contribution in [0.4, 0.5) is 0 Å². The lowest BCUT2D eigenvalue weighted by Crippen LogP contribution is -2.15. The Morgan fingerprint density at radius 3 is 1.17 bits per heavy atom. The number of aromatic nitrogens is 4. The monoisotopic (exact) mass is 778 g/mol. The summed E-state index contributed by atoms with van der Waals surface area (Å²) in [5.41, 5.74) is 17.6. The summed E-state index contributed by atoms with van der Waals surface area (Å²) in [6, 6.07) is 57.3. The fourth-order valence-corrected chi connectivity index (χ4v) is 9.28. The quantitative estimate of drug-likeness (QED) is 0.174. The number of pyridine rings is 2. The molecule has 0 unspecified atom stereocenters. The van der Waals surface area contributed by atoms with Crippen LogP contribution < -0.4 is 0 Å². The molecule has 0 spiro atoms. The fourth-order valence-electron chi connectivity index (χ4n) is 9.28. The van der Waals surface area contributed by atoms with Gasteiger partial charge in [0.1, 0.15) is 0 Å². The van der Waals surface area contributed by atoms with Crippen LogP contribution in [0.15, 0.2) is 158 Å². The molecule has 6 aromatic carbocycles. The Bertz CT molecular complexity index is 3200. The SMILES string of the molecule is Cc1cc(-n2c3ccccc3c3ccccc32)ccc1-c1nc(-c2ccc(C(C)(C)C)c(-c3cc(-n4c5ccccc5c5ccccc54)ccc3C)n2)ccc1C(C)(C)C. The highest BCUT2D eigenvalue weighted by Crippen LogP contribution is 2.41. The summed E-state index contributed by atoms with van der Waals surface area (Å²) < 4.78 is 4.78. The molecule has 0 aliphatic carbocycles. The van der Waals surface area contributed by atoms with Gasteiger partial charge in [-0.2, -0.15) is 0 Å². The maximum Gasteiger partial charge on any atom is 0.0894 e. The van der Waals surface area contributed by atoms with Crippen molar-refractivity contribution >= 4 is 43.6 Å². The third-order valence-corrected chi connectivity index (χ3v) is 12.3. The maximum absolute atomic E-state index is 5.57. The Kier molecular flexibility index (Phi) is 8.69. The Balaban J connectivity index is 1.12. The van der Waals surface area contributed by atoms with Crippen molar-refractivity contribution in [2.45, 2.75) is 66.2 Å². The predicted molar refractivity (Wildman–Crippen MR) is 254 cm³/mol. The van der Waals surface area contributed by atoms with E-state index in [-0.39, 0.29) is 10.8 Å². The molecule has 60 heavy (non-hydrogen) atoms. The van der Waals surface area contributed by atoms with Crippen LogP contribution in [0.1, 0.15) is 63.8 Å². The number of aryl methyl sites for hydroxylation is 2. The number of hydrogen-bond donors (Lipinski definition) is 0. The predicted octanol–water partition coefficient (Wildman–Crippen LogP) is 14.9. The van der Waals surface area contributed by atoms with Crippen LogP contribution in [0.25, 0.3) is 88.9 Å². The maximum atomic E-state index is 5.57. The summed E-state index contributed by atoms with van der Waals surface area (Å²) >= 11 is 0. The largest absolute Gasteiger partial charge is 0.309 e. The van der Waals surface area contributed by atoms with E-state index in [1.54, 1.807) is 0 Å². The van der Waals surface area contributed by atoms with Crippen molar-refractivity contribution in [1.29, 1.82) is 0 Å². The lowest BCUT2D eigenvalue weighted by Gasteiger charge is -2.25. The van der Waals surface area contributed by atoms with Gasteiger partial charge in [0.15, 0.2) is 0 Å². The van der Waals surface area contributed by atoms with Crippen LogP contribution in [0.5, 0.6) is 0 Å². The molecule has 4 nitrogen and oxygen atoms in total. The highest BCUT2D eigenvalue weighted by molar-refractivity contribution is 6.10. The van der Waals surface area contributed by atoms with Gasteiger partial charge in [-0.25, -0.2) is 9.97 Å². The average molecular weight is 779 g/mol. The van der Waals surface area contributed by atoms with Crippen LogP contribution in [0.2, 0.25) is 0 Å². The van der Waals surface area contributed by atoms with E-state index >= 15 is 0 Å². The second-order valence-corrected chi connectivity index (χ2v) is 18.4. The molecule has 4 heteroatoms. The van der Waals surface area contributed by atoms with Gasteiger partial charge in [0.05, 0.1) is 44.8 Å². The number of nitrogens with zero attached hydrogens (tertiary/aromatic N) is 4. The van der Waals surface area contributed by atoms with Crippen molar-refractivity contribution in [2.75, 3.05) is 0 Å². The standard InChI is InChI=1S/C56H50N4/c1-35-25-26-38(60-51-23-15-11-19-42(51)43-20-12-16-24-52(43)60)34-44(35)54-46(56(6,7)8)30-32-48(58-54)47-31-29-45(55(3,4)5)53(57-47)39-28-27-37(33-36(39)2)59-49-21-13-9-17-40(49)41-18-10-14-22-50(41)59/h9-34H,1-8H3. The molecule has 10 rings (SSSR count). The van der Waals surface area contributed by atoms with Gasteiger partial charge in [0.25, 0.3) is 0 Å². The van der Waals surface area contributed by atoms with E-state index in [1.807, 2.05) is 0 Å². The molecule has 4 heterocycles. The smallest absolute Gasteiger partial charge is 0.0894 e. The number of rotatable bonds is 5. The molecular formula is C56H50N4. The minimum Gasteiger partial charge on any atom is -0.309 e. The Labute approximate surface area is 352 Å². The molecule has 0 amide bonds. The average Bonchev–Trinajstić information content (AvgIpc) is 3.76. The van der Waals surface area contributed by atoms with E-state index in [2.05, 4.69) is 222 Å². The molecule has 294 valence electrons. The number of para-hydroxylation sites is 4. The van der Waals surface area contributed by atoms with Crippen LogP contribution >= 0.6 is 0 Å². The minimum absolute atomic E-state index is 0.127. The van der Waals surface area contributed by atoms with Gasteiger partial charge in [-0.05, 0) is 108 Å². The van der Waals surface area contributed by atoms with E-state index in [0.29, 0.717) is 0 Å². The van der Waals surface area contributed by atoms with Crippen LogP contribution in [0.3, 0.4) is 0 Å². The molecule has 0 saturated carbocycles. The third kappa shape index (κ3) is 6.13. The van der Waals surface area contributed by atoms with Crippen LogP contribution in [0, 0.1) is 13.8 Å². The Morgan fingerprint density at radius 1 is 0.367 bits per heavy atom. The highest BCUT2D eigenvalue weighted by Gasteiger charge is 2.26. The number of fused-ring (bicyclic) bond motifs is 6. The van der Waals surface area contributed by atoms with E-state index < -0.39 is 0 Å². The topological polar surface area (TPSA) is 35.6 Å². The summed E-state index contributed by atoms with van der Waals surface area (Å²) in [6.45, 7) is 18.1. The molecule has 0 atom stereocenters. The lowest BCUT2D eigenvalue weighted by atomic mass is 9.82. The first-order valence-corrected chi connectivity index (χ1v) is 21.1. The van der Waals surface area contributed by atoms with Crippen molar-refractivity contribution < 1.29 is 0 Å². The minimum atomic E-state index is -0.139. The van der Waals surface area contributed by atoms with E-state index in [0.717, 1.165) is 45.3 Å². The number of benzene rings is 6. The third-order valence-electron chi connectivity index (χ3n) is 12.3. The number of hydrogen-bond acceptors (Lipinski definition) is 2. The van der Waals surface area contributed by atoms with E-state index in [1.165, 1.54) is 65.9 Å². The van der Waals surface area contributed by atoms with Gasteiger partial charge < -0.3 is 9.13 Å². The molecule has 0 aliphatic rings. The summed E-state index contributed by atoms with van der Waals surface area (Å²) in [5.74, 6) is 0. The van der Waals surface area contributed by atoms with Gasteiger partial charge in [0.2, 0.25) is 0 Å². The first-order chi connectivity index (χ1) is 28.9. The van der Waals surface area contributed by atoms with Crippen LogP contribution in [-0.4, -0.2) is 19.1 Å². The molecule has 0 aliphatic heterocycles. The van der Waals surface area contributed by atoms with Gasteiger partial charge in [-0.3, -0.25) is 0 Å². The van der Waals surface area contributed by atoms with E-state index in [9.17, 15) is 0 Å². The zero-order valence-electron chi connectivity index (χ0n) is 35.8. The van der Waals surface area contributed by atoms with Crippen molar-refractivity contribution in [3.05, 3.63) is 180 Å². The highest BCUT2D eigenvalue weighted by atomic mass is 15.0. The van der Waals surface area contributed by atoms with Gasteiger partial charge in [-0.1, -0.05) is 139 Å². The van der Waals surface area contributed by atoms with E-state index in [4.69, 9.17) is 9.97 Å². The van der Waals surface area contributed by atoms with Crippen molar-refractivity contribution in [2.24, 2.45) is 0 Å². The zero-order chi connectivity index (χ0) is 41.5. The summed E-state index contributed by atoms with van der Waals surface area (Å²) in [6.07, 6.45) is 0. The van der Waals surface area contributed by atoms with Crippen LogP contribution in [-0.2, 0) is 10.8 Å². The molecule has 0 saturated heterocycles. The molecular weight excluding hydrogens is 729 g/mol. The van der Waals surface area contributed by atoms with Gasteiger partial charge in [-0.15, -0.1) is 0 Å². The zero-order valence-corrected chi connectivity index (χ0v) is 35.8. The molecule has 0 bridgehead atoms. The fraction of sp³-hybridized carbons (Fsp3) is 0.179. The first kappa shape index (κ1) is 37.5. The normalized spacial score (nSPS) is 12.3. The van der Waals surface area contributed by atoms with Crippen molar-refractivity contribution in [3.8, 4) is 45.3 Å². The summed E-state index contributed by atoms with van der Waals surface area (Å²) in [7, 11) is 0. The molecule has 4 aromatic heterocycles. The second kappa shape index (κ2) is 13.9. The first-order valence-electron chi connectivity index (χ1n) is 21.1. The summed E-state index contributed by atoms with van der Waals surface area (Å²) in [5, 5.41) is 5.03. The molecule has 0 fully saturated rings. The molecule has 10 aromatic rings. The molecule has 0 N–H and O–H groups in total. The molecule has 0 radical (unpaired) electrons. The van der Waals surface area contributed by atoms with Gasteiger partial charge in [0, 0.05) is 44.0 Å². The van der Waals surface area contributed by atoms with Gasteiger partial charge >= 0.3 is 0 Å². The second-order valence-electron chi connectivity index (χ2n) is 18.4. The summed E-state index contributed by atoms with van der Waals surface area (Å²) in [4.78, 5) is 11.1.